The first-order valence-corrected chi connectivity index (χ1v) is 4.03. The zero-order valence-electron chi connectivity index (χ0n) is 7.46. The van der Waals surface area contributed by atoms with Crippen molar-refractivity contribution in [3.63, 3.8) is 0 Å². The molecule has 4 heteroatoms. The van der Waals surface area contributed by atoms with Gasteiger partial charge in [-0.15, -0.1) is 0 Å². The van der Waals surface area contributed by atoms with Gasteiger partial charge >= 0.3 is 5.97 Å². The SMILES string of the molecule is CCC(NCCC(C)=O)C(=O)O. The summed E-state index contributed by atoms with van der Waals surface area (Å²) in [6.45, 7) is 3.73. The molecule has 1 unspecified atom stereocenters. The van der Waals surface area contributed by atoms with Crippen molar-refractivity contribution in [3.05, 3.63) is 0 Å². The van der Waals surface area contributed by atoms with Crippen molar-refractivity contribution < 1.29 is 14.7 Å². The number of ketones is 1. The molecule has 1 atom stereocenters. The fourth-order valence-corrected chi connectivity index (χ4v) is 0.829. The summed E-state index contributed by atoms with van der Waals surface area (Å²) in [4.78, 5) is 21.0. The molecule has 2 N–H and O–H groups in total. The second kappa shape index (κ2) is 5.71. The van der Waals surface area contributed by atoms with Crippen molar-refractivity contribution in [2.75, 3.05) is 6.54 Å². The Morgan fingerprint density at radius 1 is 1.50 bits per heavy atom. The van der Waals surface area contributed by atoms with Crippen LogP contribution in [0.3, 0.4) is 0 Å². The standard InChI is InChI=1S/C8H15NO3/c1-3-7(8(11)12)9-5-4-6(2)10/h7,9H,3-5H2,1-2H3,(H,11,12). The molecule has 0 saturated heterocycles. The molecule has 0 heterocycles. The van der Waals surface area contributed by atoms with Crippen LogP contribution in [0.4, 0.5) is 0 Å². The largest absolute Gasteiger partial charge is 0.480 e. The second-order valence-corrected chi connectivity index (χ2v) is 2.71. The van der Waals surface area contributed by atoms with E-state index in [1.54, 1.807) is 6.92 Å². The smallest absolute Gasteiger partial charge is 0.320 e. The van der Waals surface area contributed by atoms with Crippen molar-refractivity contribution in [1.29, 1.82) is 0 Å². The maximum atomic E-state index is 10.5. The van der Waals surface area contributed by atoms with E-state index >= 15 is 0 Å². The quantitative estimate of drug-likeness (QED) is 0.610. The minimum atomic E-state index is -0.860. The van der Waals surface area contributed by atoms with Gasteiger partial charge in [-0.1, -0.05) is 6.92 Å². The molecule has 0 rings (SSSR count). The number of carboxylic acids is 1. The topological polar surface area (TPSA) is 66.4 Å². The van der Waals surface area contributed by atoms with Crippen LogP contribution in [-0.2, 0) is 9.59 Å². The summed E-state index contributed by atoms with van der Waals surface area (Å²) in [5.41, 5.74) is 0. The predicted octanol–water partition coefficient (Wildman–Crippen LogP) is 0.418. The average molecular weight is 173 g/mol. The molecule has 0 saturated carbocycles. The van der Waals surface area contributed by atoms with Crippen LogP contribution in [0, 0.1) is 0 Å². The summed E-state index contributed by atoms with van der Waals surface area (Å²) < 4.78 is 0. The molecule has 70 valence electrons. The highest BCUT2D eigenvalue weighted by Gasteiger charge is 2.12. The van der Waals surface area contributed by atoms with Gasteiger partial charge in [0, 0.05) is 13.0 Å². The predicted molar refractivity (Wildman–Crippen MR) is 45.0 cm³/mol. The fourth-order valence-electron chi connectivity index (χ4n) is 0.829. The van der Waals surface area contributed by atoms with E-state index in [9.17, 15) is 9.59 Å². The van der Waals surface area contributed by atoms with Crippen molar-refractivity contribution >= 4 is 11.8 Å². The van der Waals surface area contributed by atoms with E-state index < -0.39 is 12.0 Å². The van der Waals surface area contributed by atoms with E-state index in [1.807, 2.05) is 0 Å². The van der Waals surface area contributed by atoms with Crippen LogP contribution in [0.2, 0.25) is 0 Å². The molecule has 12 heavy (non-hydrogen) atoms. The summed E-state index contributed by atoms with van der Waals surface area (Å²) in [7, 11) is 0. The lowest BCUT2D eigenvalue weighted by molar-refractivity contribution is -0.139. The molecule has 0 aromatic rings. The summed E-state index contributed by atoms with van der Waals surface area (Å²) in [5, 5.41) is 11.4. The molecular formula is C8H15NO3. The summed E-state index contributed by atoms with van der Waals surface area (Å²) in [5.74, 6) is -0.788. The zero-order valence-corrected chi connectivity index (χ0v) is 7.46. The van der Waals surface area contributed by atoms with Crippen molar-refractivity contribution in [3.8, 4) is 0 Å². The molecule has 0 radical (unpaired) electrons. The van der Waals surface area contributed by atoms with E-state index in [1.165, 1.54) is 6.92 Å². The molecule has 0 bridgehead atoms. The highest BCUT2D eigenvalue weighted by atomic mass is 16.4. The number of aliphatic carboxylic acids is 1. The number of carbonyl (C=O) groups is 2. The highest BCUT2D eigenvalue weighted by molar-refractivity contribution is 5.76. The number of rotatable bonds is 6. The lowest BCUT2D eigenvalue weighted by Gasteiger charge is -2.10. The molecule has 0 spiro atoms. The first kappa shape index (κ1) is 11.1. The lowest BCUT2D eigenvalue weighted by atomic mass is 10.2. The summed E-state index contributed by atoms with van der Waals surface area (Å²) >= 11 is 0. The van der Waals surface area contributed by atoms with E-state index in [-0.39, 0.29) is 5.78 Å². The van der Waals surface area contributed by atoms with Crippen LogP contribution in [0.1, 0.15) is 26.7 Å². The van der Waals surface area contributed by atoms with Gasteiger partial charge in [-0.3, -0.25) is 9.59 Å². The van der Waals surface area contributed by atoms with Gasteiger partial charge in [0.15, 0.2) is 0 Å². The minimum absolute atomic E-state index is 0.0720. The molecule has 0 aliphatic rings. The third-order valence-electron chi connectivity index (χ3n) is 1.57. The Morgan fingerprint density at radius 2 is 2.08 bits per heavy atom. The Labute approximate surface area is 72.0 Å². The van der Waals surface area contributed by atoms with E-state index in [0.717, 1.165) is 0 Å². The Kier molecular flexibility index (Phi) is 5.28. The first-order valence-electron chi connectivity index (χ1n) is 4.03. The van der Waals surface area contributed by atoms with Gasteiger partial charge in [0.2, 0.25) is 0 Å². The second-order valence-electron chi connectivity index (χ2n) is 2.71. The molecule has 0 aliphatic carbocycles. The molecule has 0 amide bonds. The monoisotopic (exact) mass is 173 g/mol. The van der Waals surface area contributed by atoms with Crippen molar-refractivity contribution in [2.45, 2.75) is 32.7 Å². The Balaban J connectivity index is 3.59. The number of carboxylic acid groups (broad SMARTS) is 1. The van der Waals surface area contributed by atoms with Gasteiger partial charge in [0.1, 0.15) is 11.8 Å². The molecule has 4 nitrogen and oxygen atoms in total. The van der Waals surface area contributed by atoms with Crippen LogP contribution in [-0.4, -0.2) is 29.4 Å². The molecular weight excluding hydrogens is 158 g/mol. The third kappa shape index (κ3) is 4.85. The number of Topliss-reactive ketones (excluding diaryl/α,β-unsaturated/α-hetero) is 1. The van der Waals surface area contributed by atoms with Gasteiger partial charge in [0.25, 0.3) is 0 Å². The van der Waals surface area contributed by atoms with E-state index in [4.69, 9.17) is 5.11 Å². The Hall–Kier alpha value is -0.900. The van der Waals surface area contributed by atoms with Gasteiger partial charge < -0.3 is 10.4 Å². The maximum Gasteiger partial charge on any atom is 0.320 e. The van der Waals surface area contributed by atoms with Crippen molar-refractivity contribution in [2.24, 2.45) is 0 Å². The van der Waals surface area contributed by atoms with Crippen LogP contribution in [0.25, 0.3) is 0 Å². The molecule has 0 fully saturated rings. The molecule has 0 aromatic carbocycles. The van der Waals surface area contributed by atoms with Crippen molar-refractivity contribution in [1.82, 2.24) is 5.32 Å². The number of carbonyl (C=O) groups excluding carboxylic acids is 1. The number of hydrogen-bond acceptors (Lipinski definition) is 3. The van der Waals surface area contributed by atoms with Crippen LogP contribution < -0.4 is 5.32 Å². The normalized spacial score (nSPS) is 12.5. The van der Waals surface area contributed by atoms with Crippen LogP contribution >= 0.6 is 0 Å². The number of hydrogen-bond donors (Lipinski definition) is 2. The van der Waals surface area contributed by atoms with E-state index in [0.29, 0.717) is 19.4 Å². The minimum Gasteiger partial charge on any atom is -0.480 e. The zero-order chi connectivity index (χ0) is 9.56. The first-order chi connectivity index (χ1) is 5.57. The maximum absolute atomic E-state index is 10.5. The molecule has 0 aromatic heterocycles. The molecule has 0 aliphatic heterocycles. The Morgan fingerprint density at radius 3 is 2.42 bits per heavy atom. The van der Waals surface area contributed by atoms with Gasteiger partial charge in [-0.05, 0) is 13.3 Å². The van der Waals surface area contributed by atoms with Gasteiger partial charge in [-0.25, -0.2) is 0 Å². The third-order valence-corrected chi connectivity index (χ3v) is 1.57. The fraction of sp³-hybridized carbons (Fsp3) is 0.750. The average Bonchev–Trinajstić information content (AvgIpc) is 1.96. The van der Waals surface area contributed by atoms with E-state index in [2.05, 4.69) is 5.32 Å². The van der Waals surface area contributed by atoms with Crippen LogP contribution in [0.5, 0.6) is 0 Å². The summed E-state index contributed by atoms with van der Waals surface area (Å²) in [6, 6.07) is -0.524. The summed E-state index contributed by atoms with van der Waals surface area (Å²) in [6.07, 6.45) is 0.928. The highest BCUT2D eigenvalue weighted by Crippen LogP contribution is 1.91. The van der Waals surface area contributed by atoms with Gasteiger partial charge in [-0.2, -0.15) is 0 Å². The Bertz CT molecular complexity index is 168. The number of nitrogens with one attached hydrogen (secondary N) is 1. The lowest BCUT2D eigenvalue weighted by Crippen LogP contribution is -2.37. The van der Waals surface area contributed by atoms with Gasteiger partial charge in [0.05, 0.1) is 0 Å². The van der Waals surface area contributed by atoms with Crippen LogP contribution in [0.15, 0.2) is 0 Å².